The van der Waals surface area contributed by atoms with Crippen LogP contribution in [-0.4, -0.2) is 9.97 Å². The van der Waals surface area contributed by atoms with Gasteiger partial charge in [0.15, 0.2) is 0 Å². The maximum Gasteiger partial charge on any atom is 0.0558 e. The molecule has 72 heavy (non-hydrogen) atoms. The molecule has 0 aliphatic carbocycles. The van der Waals surface area contributed by atoms with Gasteiger partial charge in [-0.25, -0.2) is 0 Å². The summed E-state index contributed by atoms with van der Waals surface area (Å²) in [5, 5.41) is 5.73. The molecule has 2 heterocycles. The first-order valence-electron chi connectivity index (χ1n) is 24.2. The summed E-state index contributed by atoms with van der Waals surface area (Å²) in [6.07, 6.45) is 0. The van der Waals surface area contributed by atoms with E-state index in [9.17, 15) is 0 Å². The van der Waals surface area contributed by atoms with Gasteiger partial charge in [-0.2, -0.15) is 0 Å². The Morgan fingerprint density at radius 3 is 0.903 bits per heavy atom. The first-order valence-corrected chi connectivity index (χ1v) is 24.9. The number of hydrogen-bond acceptors (Lipinski definition) is 2. The van der Waals surface area contributed by atoms with Crippen molar-refractivity contribution in [3.05, 3.63) is 265 Å². The van der Waals surface area contributed by atoms with Crippen LogP contribution in [0, 0.1) is 0 Å². The molecular formula is C66H44Cl2N4. The average molecular weight is 964 g/mol. The van der Waals surface area contributed by atoms with Gasteiger partial charge in [0.1, 0.15) is 0 Å². The number of fused-ring (bicyclic) bond motifs is 6. The molecule has 11 aromatic carbocycles. The third-order valence-electron chi connectivity index (χ3n) is 13.9. The minimum absolute atomic E-state index is 0.657. The van der Waals surface area contributed by atoms with E-state index in [-0.39, 0.29) is 0 Å². The Morgan fingerprint density at radius 2 is 0.569 bits per heavy atom. The van der Waals surface area contributed by atoms with Crippen molar-refractivity contribution in [1.29, 1.82) is 0 Å². The summed E-state index contributed by atoms with van der Waals surface area (Å²) in [5.74, 6) is 0. The summed E-state index contributed by atoms with van der Waals surface area (Å²) < 4.78 is 0. The van der Waals surface area contributed by atoms with Gasteiger partial charge in [0.05, 0.1) is 43.5 Å². The second-order valence-electron chi connectivity index (χ2n) is 18.0. The lowest BCUT2D eigenvalue weighted by atomic mass is 9.89. The fraction of sp³-hybridized carbons (Fsp3) is 0. The van der Waals surface area contributed by atoms with Crippen molar-refractivity contribution in [2.24, 2.45) is 0 Å². The number of nitrogens with one attached hydrogen (secondary N) is 2. The Morgan fingerprint density at radius 1 is 0.264 bits per heavy atom. The number of H-pyrrole nitrogens is 2. The number of anilines is 6. The predicted molar refractivity (Wildman–Crippen MR) is 306 cm³/mol. The predicted octanol–water partition coefficient (Wildman–Crippen LogP) is 19.9. The van der Waals surface area contributed by atoms with Gasteiger partial charge in [-0.3, -0.25) is 0 Å². The van der Waals surface area contributed by atoms with Gasteiger partial charge in [0.2, 0.25) is 0 Å². The van der Waals surface area contributed by atoms with Crippen molar-refractivity contribution in [3.8, 4) is 44.5 Å². The highest BCUT2D eigenvalue weighted by molar-refractivity contribution is 6.37. The Bertz CT molecular complexity index is 3750. The molecule has 0 saturated carbocycles. The van der Waals surface area contributed by atoms with E-state index in [1.165, 1.54) is 0 Å². The van der Waals surface area contributed by atoms with E-state index in [2.05, 4.69) is 250 Å². The highest BCUT2D eigenvalue weighted by atomic mass is 35.5. The monoisotopic (exact) mass is 962 g/mol. The van der Waals surface area contributed by atoms with Crippen LogP contribution in [0.2, 0.25) is 10.0 Å². The number of benzene rings is 11. The van der Waals surface area contributed by atoms with Crippen molar-refractivity contribution in [2.75, 3.05) is 9.80 Å². The largest absolute Gasteiger partial charge is 0.353 e. The molecule has 0 saturated heterocycles. The molecule has 0 amide bonds. The second kappa shape index (κ2) is 18.2. The average Bonchev–Trinajstić information content (AvgIpc) is 4.02. The van der Waals surface area contributed by atoms with Crippen LogP contribution < -0.4 is 9.80 Å². The molecule has 0 atom stereocenters. The van der Waals surface area contributed by atoms with Crippen LogP contribution in [-0.2, 0) is 0 Å². The van der Waals surface area contributed by atoms with Crippen molar-refractivity contribution in [1.82, 2.24) is 9.97 Å². The smallest absolute Gasteiger partial charge is 0.0558 e. The van der Waals surface area contributed by atoms with Gasteiger partial charge in [-0.05, 0) is 83.9 Å². The number of aromatic nitrogens is 2. The molecule has 0 spiro atoms. The van der Waals surface area contributed by atoms with Gasteiger partial charge in [0, 0.05) is 77.7 Å². The second-order valence-corrected chi connectivity index (χ2v) is 18.8. The number of aromatic amines is 2. The Kier molecular flexibility index (Phi) is 10.9. The third-order valence-corrected chi connectivity index (χ3v) is 14.5. The molecular weight excluding hydrogens is 920 g/mol. The van der Waals surface area contributed by atoms with Gasteiger partial charge in [-0.15, -0.1) is 0 Å². The molecule has 13 aromatic rings. The molecule has 13 rings (SSSR count). The lowest BCUT2D eigenvalue weighted by molar-refractivity contribution is 1.28. The zero-order valence-corrected chi connectivity index (χ0v) is 40.4. The van der Waals surface area contributed by atoms with Gasteiger partial charge < -0.3 is 19.8 Å². The number of hydrogen-bond donors (Lipinski definition) is 2. The highest BCUT2D eigenvalue weighted by Crippen LogP contribution is 2.53. The fourth-order valence-corrected chi connectivity index (χ4v) is 11.4. The molecule has 0 radical (unpaired) electrons. The summed E-state index contributed by atoms with van der Waals surface area (Å²) in [7, 11) is 0. The number of halogens is 2. The SMILES string of the molecule is Clc1cccc(N(c2ccccc2)c2ccccc2)c1-c1cccc2c1[nH]c1c(-c3ccccc3)c3c([nH]c4c(-c5c(Cl)cccc5N(c5ccccc5)c5ccccc5)cccc43)c(-c3ccccc3)c12. The molecule has 0 unspecified atom stereocenters. The Hall–Kier alpha value is -8.80. The van der Waals surface area contributed by atoms with Gasteiger partial charge in [0.25, 0.3) is 0 Å². The highest BCUT2D eigenvalue weighted by Gasteiger charge is 2.28. The minimum Gasteiger partial charge on any atom is -0.353 e. The minimum atomic E-state index is 0.657. The summed E-state index contributed by atoms with van der Waals surface area (Å²) >= 11 is 15.0. The molecule has 0 bridgehead atoms. The van der Waals surface area contributed by atoms with Gasteiger partial charge in [-0.1, -0.05) is 205 Å². The van der Waals surface area contributed by atoms with Crippen LogP contribution in [0.4, 0.5) is 34.1 Å². The van der Waals surface area contributed by atoms with E-state index >= 15 is 0 Å². The fourth-order valence-electron chi connectivity index (χ4n) is 10.9. The van der Waals surface area contributed by atoms with E-state index in [1.54, 1.807) is 0 Å². The van der Waals surface area contributed by atoms with E-state index in [1.807, 2.05) is 24.3 Å². The van der Waals surface area contributed by atoms with E-state index in [0.717, 1.165) is 122 Å². The van der Waals surface area contributed by atoms with E-state index < -0.39 is 0 Å². The third kappa shape index (κ3) is 7.23. The number of rotatable bonds is 10. The van der Waals surface area contributed by atoms with Crippen LogP contribution in [0.3, 0.4) is 0 Å². The maximum absolute atomic E-state index is 7.49. The Balaban J connectivity index is 1.13. The van der Waals surface area contributed by atoms with E-state index in [4.69, 9.17) is 23.2 Å². The Labute approximate surface area is 427 Å². The van der Waals surface area contributed by atoms with Gasteiger partial charge >= 0.3 is 0 Å². The summed E-state index contributed by atoms with van der Waals surface area (Å²) in [6, 6.07) is 89.2. The van der Waals surface area contributed by atoms with E-state index in [0.29, 0.717) is 10.0 Å². The topological polar surface area (TPSA) is 38.1 Å². The first kappa shape index (κ1) is 43.2. The summed E-state index contributed by atoms with van der Waals surface area (Å²) in [4.78, 5) is 12.9. The standard InChI is InChI=1S/C66H44Cl2N4/c67-53-39-21-41-55(71(45-27-11-3-12-28-45)46-29-13-4-14-30-46)59(53)49-35-19-37-51-61-57(43-23-7-1-8-24-43)65-62(58(66(61)70-63(49)51)44-25-9-2-10-26-44)52-38-20-36-50(64(52)69-65)60-54(68)40-22-42-56(60)72(47-31-15-5-16-32-47)48-33-17-6-18-34-48/h1-42,69-70H. The molecule has 2 aromatic heterocycles. The van der Waals surface area contributed by atoms with Crippen LogP contribution in [0.15, 0.2) is 255 Å². The van der Waals surface area contributed by atoms with Crippen molar-refractivity contribution >= 4 is 101 Å². The normalized spacial score (nSPS) is 11.5. The molecule has 0 aliphatic rings. The molecule has 4 nitrogen and oxygen atoms in total. The number of para-hydroxylation sites is 6. The quantitative estimate of drug-likeness (QED) is 0.143. The van der Waals surface area contributed by atoms with Crippen LogP contribution in [0.5, 0.6) is 0 Å². The maximum atomic E-state index is 7.49. The zero-order chi connectivity index (χ0) is 48.1. The number of nitrogens with zero attached hydrogens (tertiary/aromatic N) is 2. The molecule has 6 heteroatoms. The lowest BCUT2D eigenvalue weighted by Crippen LogP contribution is -2.11. The molecule has 0 fully saturated rings. The molecule has 342 valence electrons. The van der Waals surface area contributed by atoms with Crippen LogP contribution >= 0.6 is 23.2 Å². The lowest BCUT2D eigenvalue weighted by Gasteiger charge is -2.28. The first-order chi connectivity index (χ1) is 35.6. The van der Waals surface area contributed by atoms with Crippen LogP contribution in [0.1, 0.15) is 0 Å². The zero-order valence-electron chi connectivity index (χ0n) is 38.9. The van der Waals surface area contributed by atoms with Crippen molar-refractivity contribution in [2.45, 2.75) is 0 Å². The molecule has 2 N–H and O–H groups in total. The van der Waals surface area contributed by atoms with Crippen molar-refractivity contribution in [3.63, 3.8) is 0 Å². The van der Waals surface area contributed by atoms with Crippen molar-refractivity contribution < 1.29 is 0 Å². The summed E-state index contributed by atoms with van der Waals surface area (Å²) in [5.41, 5.74) is 18.4. The molecule has 0 aliphatic heterocycles. The van der Waals surface area contributed by atoms with Crippen LogP contribution in [0.25, 0.3) is 88.1 Å². The summed E-state index contributed by atoms with van der Waals surface area (Å²) in [6.45, 7) is 0.